The largest absolute Gasteiger partial charge is 0.497 e. The molecule has 0 aliphatic carbocycles. The third-order valence-electron chi connectivity index (χ3n) is 6.90. The molecule has 212 valence electrons. The highest BCUT2D eigenvalue weighted by Crippen LogP contribution is 2.34. The van der Waals surface area contributed by atoms with Crippen LogP contribution in [0.2, 0.25) is 0 Å². The van der Waals surface area contributed by atoms with E-state index >= 15 is 0 Å². The molecule has 0 unspecified atom stereocenters. The Labute approximate surface area is 237 Å². The van der Waals surface area contributed by atoms with Gasteiger partial charge in [-0.1, -0.05) is 18.2 Å². The second-order valence-corrected chi connectivity index (χ2v) is 9.49. The van der Waals surface area contributed by atoms with Gasteiger partial charge in [0.1, 0.15) is 11.6 Å². The highest BCUT2D eigenvalue weighted by molar-refractivity contribution is 6.01. The van der Waals surface area contributed by atoms with E-state index in [-0.39, 0.29) is 23.9 Å². The van der Waals surface area contributed by atoms with Crippen LogP contribution in [0.15, 0.2) is 60.8 Å². The lowest BCUT2D eigenvalue weighted by Gasteiger charge is -2.15. The fourth-order valence-corrected chi connectivity index (χ4v) is 4.85. The minimum absolute atomic E-state index is 0.0127. The third-order valence-corrected chi connectivity index (χ3v) is 6.90. The van der Waals surface area contributed by atoms with Crippen LogP contribution < -0.4 is 21.1 Å². The maximum Gasteiger partial charge on any atom is 0.336 e. The highest BCUT2D eigenvalue weighted by atomic mass is 16.5. The van der Waals surface area contributed by atoms with Gasteiger partial charge in [0, 0.05) is 47.7 Å². The molecular weight excluding hydrogens is 522 g/mol. The molecule has 0 bridgehead atoms. The van der Waals surface area contributed by atoms with Gasteiger partial charge < -0.3 is 30.8 Å². The lowest BCUT2D eigenvalue weighted by molar-refractivity contribution is -0.120. The minimum Gasteiger partial charge on any atom is -0.497 e. The number of methoxy groups -OCH3 is 1. The molecule has 10 heteroatoms. The summed E-state index contributed by atoms with van der Waals surface area (Å²) in [5, 5.41) is 24.1. The quantitative estimate of drug-likeness (QED) is 0.140. The average molecular weight is 556 g/mol. The zero-order valence-electron chi connectivity index (χ0n) is 23.2. The molecule has 0 aliphatic heterocycles. The van der Waals surface area contributed by atoms with Crippen LogP contribution in [0, 0.1) is 5.41 Å². The van der Waals surface area contributed by atoms with Crippen molar-refractivity contribution in [3.05, 3.63) is 88.6 Å². The Morgan fingerprint density at radius 3 is 2.37 bits per heavy atom. The fraction of sp³-hybridized carbons (Fsp3) is 0.226. The number of likely N-dealkylation sites (N-methyl/N-ethyl adjacent to an activating group) is 1. The summed E-state index contributed by atoms with van der Waals surface area (Å²) in [4.78, 5) is 37.1. The zero-order chi connectivity index (χ0) is 29.7. The first-order valence-corrected chi connectivity index (χ1v) is 13.2. The van der Waals surface area contributed by atoms with Crippen molar-refractivity contribution in [1.82, 2.24) is 15.2 Å². The van der Waals surface area contributed by atoms with E-state index < -0.39 is 11.9 Å². The molecule has 41 heavy (non-hydrogen) atoms. The summed E-state index contributed by atoms with van der Waals surface area (Å²) in [5.74, 6) is -1.50. The van der Waals surface area contributed by atoms with E-state index in [2.05, 4.69) is 15.2 Å². The molecule has 0 saturated heterocycles. The second kappa shape index (κ2) is 12.4. The number of nitrogens with two attached hydrogens (primary N) is 1. The summed E-state index contributed by atoms with van der Waals surface area (Å²) in [7, 11) is 1.47. The van der Waals surface area contributed by atoms with Crippen LogP contribution in [0.25, 0.3) is 22.0 Å². The number of nitrogens with one attached hydrogen (secondary N) is 3. The third kappa shape index (κ3) is 6.22. The molecule has 6 N–H and O–H groups in total. The van der Waals surface area contributed by atoms with Crippen LogP contribution in [0.3, 0.4) is 0 Å². The van der Waals surface area contributed by atoms with Gasteiger partial charge in [-0.3, -0.25) is 15.0 Å². The number of carboxylic acids is 1. The van der Waals surface area contributed by atoms with E-state index in [0.717, 1.165) is 22.0 Å². The minimum atomic E-state index is -1.13. The lowest BCUT2D eigenvalue weighted by atomic mass is 9.90. The molecule has 3 aromatic carbocycles. The number of nitrogen functional groups attached to an aromatic ring is 1. The smallest absolute Gasteiger partial charge is 0.336 e. The van der Waals surface area contributed by atoms with E-state index in [1.54, 1.807) is 31.2 Å². The van der Waals surface area contributed by atoms with Crippen LogP contribution in [0.5, 0.6) is 5.75 Å². The Bertz CT molecular complexity index is 1660. The van der Waals surface area contributed by atoms with Gasteiger partial charge in [0.05, 0.1) is 19.2 Å². The summed E-state index contributed by atoms with van der Waals surface area (Å²) in [5.41, 5.74) is 10.4. The molecule has 4 rings (SSSR count). The van der Waals surface area contributed by atoms with Crippen molar-refractivity contribution in [2.45, 2.75) is 26.8 Å². The number of aryl methyl sites for hydroxylation is 1. The number of carbonyl (C=O) groups is 3. The number of amidine groups is 1. The van der Waals surface area contributed by atoms with Gasteiger partial charge >= 0.3 is 5.97 Å². The molecule has 0 saturated carbocycles. The van der Waals surface area contributed by atoms with Crippen molar-refractivity contribution >= 4 is 34.5 Å². The number of amides is 2. The number of carbonyl (C=O) groups excluding carboxylic acids is 2. The second-order valence-electron chi connectivity index (χ2n) is 9.49. The van der Waals surface area contributed by atoms with Crippen molar-refractivity contribution < 1.29 is 24.2 Å². The van der Waals surface area contributed by atoms with Crippen molar-refractivity contribution in [3.8, 4) is 16.9 Å². The SMILES string of the molecule is CCNC(=O)CNC(=O)c1ccc(Cc2cn(CC)c3cc(C(=N)N)ccc23)c(-c2ccc(OC)cc2C(=O)O)c1. The maximum absolute atomic E-state index is 13.0. The molecule has 0 atom stereocenters. The first kappa shape index (κ1) is 28.9. The van der Waals surface area contributed by atoms with Gasteiger partial charge in [0.2, 0.25) is 5.91 Å². The molecular formula is C31H33N5O5. The predicted molar refractivity (Wildman–Crippen MR) is 158 cm³/mol. The Morgan fingerprint density at radius 1 is 0.951 bits per heavy atom. The molecule has 4 aromatic rings. The van der Waals surface area contributed by atoms with Crippen LogP contribution in [-0.4, -0.2) is 53.5 Å². The average Bonchev–Trinajstić information content (AvgIpc) is 3.32. The maximum atomic E-state index is 13.0. The number of nitrogens with zero attached hydrogens (tertiary/aromatic N) is 1. The van der Waals surface area contributed by atoms with Gasteiger partial charge in [-0.15, -0.1) is 0 Å². The molecule has 1 aromatic heterocycles. The number of benzene rings is 3. The number of carboxylic acid groups (broad SMARTS) is 1. The Kier molecular flexibility index (Phi) is 8.72. The standard InChI is InChI=1S/C31H33N5O5/c1-4-34-28(37)16-35-30(38)20-7-6-18(25(13-20)24-11-9-22(41-3)15-26(24)31(39)40)12-21-17-36(5-2)27-14-19(29(32)33)8-10-23(21)27/h6-11,13-15,17H,4-5,12,16H2,1-3H3,(H3,32,33)(H,34,37)(H,35,38)(H,39,40). The molecule has 2 amide bonds. The van der Waals surface area contributed by atoms with Crippen molar-refractivity contribution in [1.29, 1.82) is 5.41 Å². The van der Waals surface area contributed by atoms with Crippen molar-refractivity contribution in [3.63, 3.8) is 0 Å². The van der Waals surface area contributed by atoms with E-state index in [0.29, 0.717) is 47.5 Å². The molecule has 1 heterocycles. The topological polar surface area (TPSA) is 160 Å². The van der Waals surface area contributed by atoms with Crippen LogP contribution in [0.1, 0.15) is 51.3 Å². The monoisotopic (exact) mass is 555 g/mol. The molecule has 10 nitrogen and oxygen atoms in total. The number of ether oxygens (including phenoxy) is 1. The van der Waals surface area contributed by atoms with E-state index in [1.807, 2.05) is 37.4 Å². The summed E-state index contributed by atoms with van der Waals surface area (Å²) < 4.78 is 7.33. The Morgan fingerprint density at radius 2 is 1.71 bits per heavy atom. The summed E-state index contributed by atoms with van der Waals surface area (Å²) in [6.07, 6.45) is 2.49. The summed E-state index contributed by atoms with van der Waals surface area (Å²) in [6, 6.07) is 15.6. The van der Waals surface area contributed by atoms with Crippen LogP contribution in [0.4, 0.5) is 0 Å². The van der Waals surface area contributed by atoms with E-state index in [9.17, 15) is 19.5 Å². The number of hydrogen-bond donors (Lipinski definition) is 5. The number of hydrogen-bond acceptors (Lipinski definition) is 5. The number of aromatic carboxylic acids is 1. The van der Waals surface area contributed by atoms with Gasteiger partial charge in [-0.25, -0.2) is 4.79 Å². The first-order chi connectivity index (χ1) is 19.7. The van der Waals surface area contributed by atoms with Crippen molar-refractivity contribution in [2.24, 2.45) is 5.73 Å². The predicted octanol–water partition coefficient (Wildman–Crippen LogP) is 3.78. The van der Waals surface area contributed by atoms with E-state index in [4.69, 9.17) is 15.9 Å². The Hall–Kier alpha value is -5.12. The molecule has 0 fully saturated rings. The summed E-state index contributed by atoms with van der Waals surface area (Å²) in [6.45, 7) is 4.80. The number of aromatic nitrogens is 1. The molecule has 0 aliphatic rings. The van der Waals surface area contributed by atoms with Crippen LogP contribution >= 0.6 is 0 Å². The fourth-order valence-electron chi connectivity index (χ4n) is 4.85. The summed E-state index contributed by atoms with van der Waals surface area (Å²) >= 11 is 0. The Balaban J connectivity index is 1.83. The molecule has 0 spiro atoms. The highest BCUT2D eigenvalue weighted by Gasteiger charge is 2.20. The zero-order valence-corrected chi connectivity index (χ0v) is 23.2. The lowest BCUT2D eigenvalue weighted by Crippen LogP contribution is -2.36. The van der Waals surface area contributed by atoms with Gasteiger partial charge in [-0.05, 0) is 72.5 Å². The van der Waals surface area contributed by atoms with Crippen LogP contribution in [-0.2, 0) is 17.8 Å². The van der Waals surface area contributed by atoms with Gasteiger partial charge in [0.25, 0.3) is 5.91 Å². The normalized spacial score (nSPS) is 10.8. The number of rotatable bonds is 11. The van der Waals surface area contributed by atoms with Gasteiger partial charge in [0.15, 0.2) is 0 Å². The molecule has 0 radical (unpaired) electrons. The first-order valence-electron chi connectivity index (χ1n) is 13.2. The number of fused-ring (bicyclic) bond motifs is 1. The van der Waals surface area contributed by atoms with Gasteiger partial charge in [-0.2, -0.15) is 0 Å². The van der Waals surface area contributed by atoms with E-state index in [1.165, 1.54) is 13.2 Å². The van der Waals surface area contributed by atoms with Crippen molar-refractivity contribution in [2.75, 3.05) is 20.2 Å².